The van der Waals surface area contributed by atoms with Crippen molar-refractivity contribution in [2.75, 3.05) is 20.3 Å². The fourth-order valence-electron chi connectivity index (χ4n) is 1.39. The van der Waals surface area contributed by atoms with Crippen molar-refractivity contribution in [3.8, 4) is 0 Å². The van der Waals surface area contributed by atoms with Crippen LogP contribution in [-0.4, -0.2) is 37.1 Å². The molecule has 4 heteroatoms. The quantitative estimate of drug-likeness (QED) is 0.309. The van der Waals surface area contributed by atoms with Gasteiger partial charge in [0.2, 0.25) is 0 Å². The number of hydrogen-bond acceptors (Lipinski definition) is 3. The zero-order chi connectivity index (χ0) is 11.4. The molecule has 0 aromatic rings. The Bertz CT molecular complexity index is 122. The minimum atomic E-state index is -0.00605. The van der Waals surface area contributed by atoms with Crippen molar-refractivity contribution in [3.05, 3.63) is 0 Å². The van der Waals surface area contributed by atoms with Gasteiger partial charge in [0.15, 0.2) is 6.29 Å². The van der Waals surface area contributed by atoms with Gasteiger partial charge < -0.3 is 13.9 Å². The van der Waals surface area contributed by atoms with E-state index in [-0.39, 0.29) is 6.29 Å². The Hall–Kier alpha value is 0.0969. The van der Waals surface area contributed by atoms with E-state index < -0.39 is 0 Å². The van der Waals surface area contributed by atoms with Gasteiger partial charge in [-0.1, -0.05) is 19.8 Å². The molecule has 0 aromatic carbocycles. The molecule has 0 bridgehead atoms. The van der Waals surface area contributed by atoms with Crippen LogP contribution >= 0.6 is 0 Å². The first-order chi connectivity index (χ1) is 7.35. The zero-order valence-electron chi connectivity index (χ0n) is 10.5. The Balaban J connectivity index is 3.28. The smallest absolute Gasteiger partial charge is 0.157 e. The second-order valence-electron chi connectivity index (χ2n) is 3.73. The average Bonchev–Trinajstić information content (AvgIpc) is 2.26. The maximum atomic E-state index is 5.62. The van der Waals surface area contributed by atoms with E-state index in [1.807, 2.05) is 0 Å². The lowest BCUT2D eigenvalue weighted by Gasteiger charge is -2.15. The molecule has 3 nitrogen and oxygen atoms in total. The van der Waals surface area contributed by atoms with Crippen LogP contribution in [0.3, 0.4) is 0 Å². The first-order valence-corrected chi connectivity index (χ1v) is 6.80. The van der Waals surface area contributed by atoms with E-state index >= 15 is 0 Å². The summed E-state index contributed by atoms with van der Waals surface area (Å²) >= 11 is 0. The van der Waals surface area contributed by atoms with Crippen LogP contribution in [0.1, 0.15) is 45.4 Å². The molecular formula is C11H26O3Si. The molecule has 0 aliphatic rings. The first kappa shape index (κ1) is 15.1. The van der Waals surface area contributed by atoms with Crippen molar-refractivity contribution < 1.29 is 13.9 Å². The highest BCUT2D eigenvalue weighted by Crippen LogP contribution is 2.08. The molecule has 1 atom stereocenters. The summed E-state index contributed by atoms with van der Waals surface area (Å²) in [5, 5.41) is 0. The molecule has 92 valence electrons. The van der Waals surface area contributed by atoms with Gasteiger partial charge >= 0.3 is 0 Å². The largest absolute Gasteiger partial charge is 0.428 e. The SMILES string of the molecule is CCCCCC(OC)OCCCCO[SiH3]. The average molecular weight is 234 g/mol. The van der Waals surface area contributed by atoms with Gasteiger partial charge in [0.05, 0.1) is 0 Å². The van der Waals surface area contributed by atoms with Gasteiger partial charge in [-0.25, -0.2) is 0 Å². The minimum absolute atomic E-state index is 0.00605. The Labute approximate surface area is 97.0 Å². The van der Waals surface area contributed by atoms with Crippen molar-refractivity contribution in [1.82, 2.24) is 0 Å². The van der Waals surface area contributed by atoms with E-state index in [0.717, 1.165) is 43.0 Å². The van der Waals surface area contributed by atoms with Gasteiger partial charge in [-0.2, -0.15) is 0 Å². The van der Waals surface area contributed by atoms with E-state index in [1.54, 1.807) is 7.11 Å². The fraction of sp³-hybridized carbons (Fsp3) is 1.00. The Morgan fingerprint density at radius 3 is 2.40 bits per heavy atom. The highest BCUT2D eigenvalue weighted by molar-refractivity contribution is 5.97. The number of methoxy groups -OCH3 is 1. The number of unbranched alkanes of at least 4 members (excludes halogenated alkanes) is 3. The Morgan fingerprint density at radius 2 is 1.80 bits per heavy atom. The van der Waals surface area contributed by atoms with Crippen LogP contribution in [0.5, 0.6) is 0 Å². The van der Waals surface area contributed by atoms with Crippen molar-refractivity contribution in [3.63, 3.8) is 0 Å². The molecule has 15 heavy (non-hydrogen) atoms. The molecule has 0 aliphatic carbocycles. The summed E-state index contributed by atoms with van der Waals surface area (Å²) in [4.78, 5) is 0. The summed E-state index contributed by atoms with van der Waals surface area (Å²) < 4.78 is 16.0. The Morgan fingerprint density at radius 1 is 1.07 bits per heavy atom. The summed E-state index contributed by atoms with van der Waals surface area (Å²) in [5.41, 5.74) is 0. The number of ether oxygens (including phenoxy) is 2. The van der Waals surface area contributed by atoms with Crippen LogP contribution in [0.25, 0.3) is 0 Å². The fourth-order valence-corrected chi connectivity index (χ4v) is 1.68. The second-order valence-corrected chi connectivity index (χ2v) is 4.31. The molecule has 0 amide bonds. The first-order valence-electron chi connectivity index (χ1n) is 5.98. The third-order valence-corrected chi connectivity index (χ3v) is 2.76. The van der Waals surface area contributed by atoms with Gasteiger partial charge in [0.1, 0.15) is 10.5 Å². The Kier molecular flexibility index (Phi) is 12.2. The maximum absolute atomic E-state index is 5.62. The van der Waals surface area contributed by atoms with Crippen molar-refractivity contribution >= 4 is 10.5 Å². The molecule has 0 fully saturated rings. The predicted molar refractivity (Wildman–Crippen MR) is 66.0 cm³/mol. The lowest BCUT2D eigenvalue weighted by atomic mass is 10.2. The molecule has 0 aromatic heterocycles. The van der Waals surface area contributed by atoms with Crippen LogP contribution in [0.2, 0.25) is 0 Å². The lowest BCUT2D eigenvalue weighted by molar-refractivity contribution is -0.129. The highest BCUT2D eigenvalue weighted by atomic mass is 28.2. The van der Waals surface area contributed by atoms with Gasteiger partial charge in [-0.3, -0.25) is 0 Å². The lowest BCUT2D eigenvalue weighted by Crippen LogP contribution is -2.16. The molecule has 0 saturated carbocycles. The van der Waals surface area contributed by atoms with Crippen molar-refractivity contribution in [2.45, 2.75) is 51.7 Å². The van der Waals surface area contributed by atoms with Crippen LogP contribution in [-0.2, 0) is 13.9 Å². The topological polar surface area (TPSA) is 27.7 Å². The predicted octanol–water partition coefficient (Wildman–Crippen LogP) is 1.63. The highest BCUT2D eigenvalue weighted by Gasteiger charge is 2.05. The van der Waals surface area contributed by atoms with E-state index in [1.165, 1.54) is 19.3 Å². The third kappa shape index (κ3) is 10.4. The van der Waals surface area contributed by atoms with Crippen LogP contribution in [0.4, 0.5) is 0 Å². The molecule has 1 unspecified atom stereocenters. The summed E-state index contributed by atoms with van der Waals surface area (Å²) in [5.74, 6) is 0. The monoisotopic (exact) mass is 234 g/mol. The van der Waals surface area contributed by atoms with Gasteiger partial charge in [0.25, 0.3) is 0 Å². The molecular weight excluding hydrogens is 208 g/mol. The number of rotatable bonds is 11. The van der Waals surface area contributed by atoms with E-state index in [0.29, 0.717) is 0 Å². The number of hydrogen-bond donors (Lipinski definition) is 0. The maximum Gasteiger partial charge on any atom is 0.157 e. The second kappa shape index (κ2) is 12.2. The standard InChI is InChI=1S/C11H26O3Si/c1-3-4-5-8-11(12-2)13-9-6-7-10-14-15/h11H,3-10H2,1-2,15H3. The molecule has 0 radical (unpaired) electrons. The van der Waals surface area contributed by atoms with Crippen molar-refractivity contribution in [2.24, 2.45) is 0 Å². The zero-order valence-corrected chi connectivity index (χ0v) is 12.5. The van der Waals surface area contributed by atoms with Crippen LogP contribution in [0.15, 0.2) is 0 Å². The molecule has 0 aliphatic heterocycles. The van der Waals surface area contributed by atoms with E-state index in [9.17, 15) is 0 Å². The molecule has 0 saturated heterocycles. The summed E-state index contributed by atoms with van der Waals surface area (Å²) in [6, 6.07) is 0. The third-order valence-electron chi connectivity index (χ3n) is 2.35. The van der Waals surface area contributed by atoms with Crippen molar-refractivity contribution in [1.29, 1.82) is 0 Å². The van der Waals surface area contributed by atoms with E-state index in [2.05, 4.69) is 6.92 Å². The van der Waals surface area contributed by atoms with Gasteiger partial charge in [-0.05, 0) is 25.7 Å². The summed E-state index contributed by atoms with van der Waals surface area (Å²) in [7, 11) is 2.56. The van der Waals surface area contributed by atoms with Gasteiger partial charge in [0, 0.05) is 20.3 Å². The summed E-state index contributed by atoms with van der Waals surface area (Å²) in [6.45, 7) is 3.87. The minimum Gasteiger partial charge on any atom is -0.428 e. The van der Waals surface area contributed by atoms with Crippen LogP contribution in [0, 0.1) is 0 Å². The van der Waals surface area contributed by atoms with Crippen LogP contribution < -0.4 is 0 Å². The molecule has 0 rings (SSSR count). The van der Waals surface area contributed by atoms with Gasteiger partial charge in [-0.15, -0.1) is 0 Å². The summed E-state index contributed by atoms with van der Waals surface area (Å²) in [6.07, 6.45) is 6.87. The molecule has 0 heterocycles. The normalized spacial score (nSPS) is 13.2. The molecule has 0 N–H and O–H groups in total. The molecule has 0 spiro atoms. The van der Waals surface area contributed by atoms with E-state index in [4.69, 9.17) is 13.9 Å².